The van der Waals surface area contributed by atoms with Gasteiger partial charge in [-0.1, -0.05) is 52.2 Å². The summed E-state index contributed by atoms with van der Waals surface area (Å²) in [5.41, 5.74) is 15.5. The number of carbonyl (C=O) groups is 2. The van der Waals surface area contributed by atoms with E-state index >= 15 is 4.39 Å². The molecule has 2 aliphatic heterocycles. The fraction of sp³-hybridized carbons (Fsp3) is 0.492. The van der Waals surface area contributed by atoms with Gasteiger partial charge in [-0.15, -0.1) is 0 Å². The van der Waals surface area contributed by atoms with Gasteiger partial charge in [0.15, 0.2) is 5.78 Å². The fourth-order valence-corrected chi connectivity index (χ4v) is 11.5. The molecular formula is C59H80FKN9O5-. The van der Waals surface area contributed by atoms with Gasteiger partial charge in [0, 0.05) is 112 Å². The van der Waals surface area contributed by atoms with Gasteiger partial charge in [0.05, 0.1) is 22.8 Å². The molecule has 6 aromatic rings. The number of benzene rings is 2. The van der Waals surface area contributed by atoms with Gasteiger partial charge in [-0.2, -0.15) is 6.42 Å². The summed E-state index contributed by atoms with van der Waals surface area (Å²) in [6.45, 7) is 27.1. The first kappa shape index (κ1) is 61.5. The van der Waals surface area contributed by atoms with Gasteiger partial charge < -0.3 is 22.7 Å². The number of fused-ring (bicyclic) bond motifs is 2. The Morgan fingerprint density at radius 2 is 1.64 bits per heavy atom. The minimum absolute atomic E-state index is 0. The quantitative estimate of drug-likeness (QED) is 0.0566. The maximum Gasteiger partial charge on any atom is 1.00 e. The summed E-state index contributed by atoms with van der Waals surface area (Å²) in [6, 6.07) is 15.2. The number of aromatic nitrogens is 5. The number of halogens is 1. The molecule has 3 atom stereocenters. The van der Waals surface area contributed by atoms with E-state index in [1.54, 1.807) is 28.4 Å². The van der Waals surface area contributed by atoms with Crippen molar-refractivity contribution in [3.63, 3.8) is 0 Å². The summed E-state index contributed by atoms with van der Waals surface area (Å²) in [5, 5.41) is 0.941. The topological polar surface area (TPSA) is 167 Å². The van der Waals surface area contributed by atoms with Crippen LogP contribution in [0, 0.1) is 32.5 Å². The van der Waals surface area contributed by atoms with E-state index in [1.165, 1.54) is 55.3 Å². The Hall–Kier alpha value is -4.36. The monoisotopic (exact) mass is 1050 g/mol. The first-order valence-corrected chi connectivity index (χ1v) is 26.6. The van der Waals surface area contributed by atoms with Gasteiger partial charge in [0.25, 0.3) is 5.56 Å². The van der Waals surface area contributed by atoms with Crippen molar-refractivity contribution < 1.29 is 70.8 Å². The zero-order chi connectivity index (χ0) is 52.8. The number of hydrogen-bond acceptors (Lipinski definition) is 9. The standard InChI is InChI=1S/C33H37FN4O2.C26H42N5O2.K.H2O/c1-7-8-26-20(2)10-16-38(33(26)40)29-9-13-35-32-27(29)19-30(36(32)6)22(4)37-14-11-24(12-15-37)31-21(3)17-25(23(5)39)18-28(31)34;1-6-9-20(10-7-2)18-30-14-13-29(16-19(30)4)17-21-11-12-23-24(15-21)28(5)26(33)31(23)22(8-3)25(27)32;;/h9-11,13,16-19,22H,7-8,12,14-15H2,1-6H3;11-12,15,19-20,22H,3,6-10,13-14,16-18H2,1-2,4-5H3,(H2,27,32);;1H2/q;-1;+1;/p-1. The molecule has 0 radical (unpaired) electrons. The molecule has 2 aromatic carbocycles. The number of piperazine rings is 1. The van der Waals surface area contributed by atoms with Gasteiger partial charge >= 0.3 is 57.1 Å². The van der Waals surface area contributed by atoms with E-state index in [1.807, 2.05) is 45.3 Å². The number of imidazole rings is 1. The number of nitrogens with two attached hydrogens (primary N) is 1. The molecule has 3 N–H and O–H groups in total. The number of hydrogen-bond donors (Lipinski definition) is 1. The van der Waals surface area contributed by atoms with E-state index in [9.17, 15) is 19.2 Å². The molecule has 1 saturated heterocycles. The van der Waals surface area contributed by atoms with Crippen molar-refractivity contribution in [2.24, 2.45) is 25.7 Å². The van der Waals surface area contributed by atoms with Gasteiger partial charge in [0.1, 0.15) is 11.5 Å². The van der Waals surface area contributed by atoms with Gasteiger partial charge in [-0.25, -0.2) is 14.2 Å². The number of Topliss-reactive ketones (excluding diaryl/α,β-unsaturated/α-hetero) is 1. The Kier molecular flexibility index (Phi) is 22.4. The maximum atomic E-state index is 15.0. The van der Waals surface area contributed by atoms with E-state index in [-0.39, 0.29) is 92.2 Å². The zero-order valence-electron chi connectivity index (χ0n) is 46.6. The van der Waals surface area contributed by atoms with Crippen molar-refractivity contribution in [3.05, 3.63) is 140 Å². The Labute approximate surface area is 485 Å². The second-order valence-electron chi connectivity index (χ2n) is 20.7. The van der Waals surface area contributed by atoms with Crippen LogP contribution in [0.25, 0.3) is 33.3 Å². The van der Waals surface area contributed by atoms with Gasteiger partial charge in [-0.3, -0.25) is 42.8 Å². The Bertz CT molecular complexity index is 3090. The molecule has 16 heteroatoms. The Morgan fingerprint density at radius 1 is 0.920 bits per heavy atom. The summed E-state index contributed by atoms with van der Waals surface area (Å²) < 4.78 is 22.0. The first-order valence-electron chi connectivity index (χ1n) is 26.6. The summed E-state index contributed by atoms with van der Waals surface area (Å²) in [5.74, 6) is -0.189. The largest absolute Gasteiger partial charge is 1.00 e. The Balaban J connectivity index is 0.000000275. The van der Waals surface area contributed by atoms with Crippen LogP contribution in [0.2, 0.25) is 0 Å². The third kappa shape index (κ3) is 13.5. The molecule has 1 fully saturated rings. The average Bonchev–Trinajstić information content (AvgIpc) is 3.82. The second-order valence-corrected chi connectivity index (χ2v) is 20.7. The number of aryl methyl sites for hydroxylation is 4. The molecule has 0 saturated carbocycles. The number of primary amides is 1. The summed E-state index contributed by atoms with van der Waals surface area (Å²) in [7, 11) is 3.77. The zero-order valence-corrected chi connectivity index (χ0v) is 49.7. The van der Waals surface area contributed by atoms with E-state index in [2.05, 4.69) is 90.1 Å². The van der Waals surface area contributed by atoms with E-state index in [0.717, 1.165) is 107 Å². The number of amides is 1. The molecule has 6 heterocycles. The van der Waals surface area contributed by atoms with Crippen LogP contribution in [0.15, 0.2) is 76.6 Å². The minimum Gasteiger partial charge on any atom is -0.870 e. The van der Waals surface area contributed by atoms with Crippen LogP contribution >= 0.6 is 0 Å². The number of rotatable bonds is 18. The molecule has 4 aromatic heterocycles. The van der Waals surface area contributed by atoms with Crippen LogP contribution < -0.4 is 68.4 Å². The molecule has 3 unspecified atom stereocenters. The van der Waals surface area contributed by atoms with Crippen molar-refractivity contribution in [1.82, 2.24) is 38.0 Å². The van der Waals surface area contributed by atoms with Crippen LogP contribution in [0.4, 0.5) is 4.39 Å². The SMILES string of the molecule is CCCc1c(C)ccn(-c2ccnc3c2cc(C(C)N2CC=C(c4c(C)cc(C(C)=O)cc4F)CC2)n3C)c1=O.[CH2-]CC(C(N)=O)n1c(=O)n(C)c2cc(CN3CCN(CC(CCC)CCC)C(C)C3)ccc21.[K+].[OH-]. The number of nitrogens with zero attached hydrogens (tertiary/aromatic N) is 8. The number of carbonyl (C=O) groups excluding carboxylic acids is 2. The predicted octanol–water partition coefficient (Wildman–Crippen LogP) is 6.63. The van der Waals surface area contributed by atoms with Crippen molar-refractivity contribution >= 4 is 39.3 Å². The Morgan fingerprint density at radius 3 is 2.24 bits per heavy atom. The molecule has 0 aliphatic carbocycles. The molecule has 1 amide bonds. The summed E-state index contributed by atoms with van der Waals surface area (Å²) in [6.07, 6.45) is 13.5. The molecule has 0 bridgehead atoms. The van der Waals surface area contributed by atoms with Crippen molar-refractivity contribution in [2.45, 2.75) is 131 Å². The molecule has 0 spiro atoms. The molecule has 8 rings (SSSR count). The third-order valence-electron chi connectivity index (χ3n) is 15.6. The van der Waals surface area contributed by atoms with Gasteiger partial charge in [-0.05, 0) is 131 Å². The fourth-order valence-electron chi connectivity index (χ4n) is 11.5. The predicted molar refractivity (Wildman–Crippen MR) is 296 cm³/mol. The maximum absolute atomic E-state index is 15.0. The minimum atomic E-state index is -0.731. The first-order chi connectivity index (χ1) is 34.9. The number of pyridine rings is 2. The molecule has 400 valence electrons. The van der Waals surface area contributed by atoms with Crippen molar-refractivity contribution in [3.8, 4) is 5.69 Å². The normalized spacial score (nSPS) is 16.3. The van der Waals surface area contributed by atoms with Crippen molar-refractivity contribution in [2.75, 3.05) is 39.3 Å². The number of ketones is 1. The summed E-state index contributed by atoms with van der Waals surface area (Å²) in [4.78, 5) is 62.1. The van der Waals surface area contributed by atoms with Crippen LogP contribution in [0.1, 0.15) is 142 Å². The van der Waals surface area contributed by atoms with E-state index < -0.39 is 11.9 Å². The van der Waals surface area contributed by atoms with E-state index in [0.29, 0.717) is 30.1 Å². The van der Waals surface area contributed by atoms with Gasteiger partial charge in [0.2, 0.25) is 5.91 Å². The van der Waals surface area contributed by atoms with E-state index in [4.69, 9.17) is 5.73 Å². The second kappa shape index (κ2) is 27.3. The molecule has 75 heavy (non-hydrogen) atoms. The molecular weight excluding hydrogens is 973 g/mol. The van der Waals surface area contributed by atoms with Crippen LogP contribution in [0.3, 0.4) is 0 Å². The third-order valence-corrected chi connectivity index (χ3v) is 15.6. The van der Waals surface area contributed by atoms with Crippen LogP contribution in [0.5, 0.6) is 0 Å². The van der Waals surface area contributed by atoms with Crippen LogP contribution in [-0.2, 0) is 31.9 Å². The van der Waals surface area contributed by atoms with Crippen LogP contribution in [-0.4, -0.2) is 100 Å². The smallest absolute Gasteiger partial charge is 0.870 e. The van der Waals surface area contributed by atoms with Crippen molar-refractivity contribution in [1.29, 1.82) is 0 Å². The summed E-state index contributed by atoms with van der Waals surface area (Å²) >= 11 is 0. The molecule has 14 nitrogen and oxygen atoms in total. The molecule has 2 aliphatic rings. The average molecular weight is 1050 g/mol.